The Kier molecular flexibility index (Phi) is 5.95. The van der Waals surface area contributed by atoms with Gasteiger partial charge in [-0.2, -0.15) is 8.42 Å². The maximum atomic E-state index is 12.0. The molecule has 2 rings (SSSR count). The van der Waals surface area contributed by atoms with Crippen LogP contribution in [-0.2, 0) is 23.9 Å². The number of esters is 1. The molecule has 0 spiro atoms. The van der Waals surface area contributed by atoms with Crippen molar-refractivity contribution in [2.24, 2.45) is 10.1 Å². The molecular weight excluding hydrogens is 356 g/mol. The van der Waals surface area contributed by atoms with E-state index in [2.05, 4.69) is 14.4 Å². The molecule has 130 valence electrons. The van der Waals surface area contributed by atoms with Crippen LogP contribution in [0.5, 0.6) is 0 Å². The first-order valence-corrected chi connectivity index (χ1v) is 9.41. The van der Waals surface area contributed by atoms with Crippen molar-refractivity contribution in [3.05, 3.63) is 34.9 Å². The van der Waals surface area contributed by atoms with Crippen molar-refractivity contribution in [3.63, 3.8) is 0 Å². The minimum atomic E-state index is -3.72. The maximum absolute atomic E-state index is 12.0. The molecule has 0 fully saturated rings. The fourth-order valence-electron chi connectivity index (χ4n) is 2.17. The molecule has 0 amide bonds. The summed E-state index contributed by atoms with van der Waals surface area (Å²) < 4.78 is 31.7. The highest BCUT2D eigenvalue weighted by Gasteiger charge is 2.27. The van der Waals surface area contributed by atoms with Gasteiger partial charge in [0.2, 0.25) is 0 Å². The summed E-state index contributed by atoms with van der Waals surface area (Å²) in [7, 11) is -3.72. The fraction of sp³-hybridized carbons (Fsp3) is 0.400. The van der Waals surface area contributed by atoms with Crippen LogP contribution >= 0.6 is 11.6 Å². The Labute approximate surface area is 145 Å². The molecule has 0 aliphatic carbocycles. The molecule has 1 heterocycles. The molecular formula is C15H17ClN2O5S. The zero-order chi connectivity index (χ0) is 17.7. The molecule has 9 heteroatoms. The number of carbonyl (C=O) groups is 1. The fourth-order valence-corrected chi connectivity index (χ4v) is 2.54. The number of oxime groups is 1. The third kappa shape index (κ3) is 5.31. The van der Waals surface area contributed by atoms with Gasteiger partial charge in [-0.25, -0.2) is 4.79 Å². The lowest BCUT2D eigenvalue weighted by atomic mass is 9.95. The topological polar surface area (TPSA) is 94.4 Å². The number of carbonyl (C=O) groups excluding carboxylic acids is 1. The molecule has 0 bridgehead atoms. The Morgan fingerprint density at radius 3 is 2.62 bits per heavy atom. The molecule has 1 atom stereocenters. The van der Waals surface area contributed by atoms with Crippen molar-refractivity contribution in [3.8, 4) is 0 Å². The Bertz CT molecular complexity index is 772. The molecule has 1 aromatic carbocycles. The SMILES string of the molecule is CCOC(=O)C1=NC(c2ccc(Cl)cc2)CC(=NOS(C)(=O)=O)C1. The second-order valence-corrected chi connectivity index (χ2v) is 7.17. The minimum absolute atomic E-state index is 0.0818. The Hall–Kier alpha value is -1.93. The second kappa shape index (κ2) is 7.76. The van der Waals surface area contributed by atoms with E-state index >= 15 is 0 Å². The number of hydrogen-bond acceptors (Lipinski definition) is 7. The molecule has 1 aromatic rings. The van der Waals surface area contributed by atoms with Crippen LogP contribution in [0.3, 0.4) is 0 Å². The number of rotatable bonds is 5. The zero-order valence-corrected chi connectivity index (χ0v) is 14.8. The third-order valence-electron chi connectivity index (χ3n) is 3.18. The van der Waals surface area contributed by atoms with E-state index in [9.17, 15) is 13.2 Å². The molecule has 0 aromatic heterocycles. The van der Waals surface area contributed by atoms with E-state index in [1.807, 2.05) is 0 Å². The van der Waals surface area contributed by atoms with Gasteiger partial charge in [-0.05, 0) is 24.6 Å². The van der Waals surface area contributed by atoms with Crippen molar-refractivity contribution in [2.75, 3.05) is 12.9 Å². The predicted octanol–water partition coefficient (Wildman–Crippen LogP) is 2.51. The van der Waals surface area contributed by atoms with E-state index in [4.69, 9.17) is 16.3 Å². The molecule has 0 radical (unpaired) electrons. The van der Waals surface area contributed by atoms with E-state index < -0.39 is 22.1 Å². The first-order valence-electron chi connectivity index (χ1n) is 7.22. The van der Waals surface area contributed by atoms with Gasteiger partial charge in [-0.15, -0.1) is 0 Å². The number of ether oxygens (including phenoxy) is 1. The van der Waals surface area contributed by atoms with Gasteiger partial charge in [-0.3, -0.25) is 9.28 Å². The maximum Gasteiger partial charge on any atom is 0.352 e. The summed E-state index contributed by atoms with van der Waals surface area (Å²) in [6.45, 7) is 1.91. The number of hydrogen-bond donors (Lipinski definition) is 0. The summed E-state index contributed by atoms with van der Waals surface area (Å²) in [4.78, 5) is 16.4. The average Bonchev–Trinajstić information content (AvgIpc) is 2.53. The van der Waals surface area contributed by atoms with Crippen LogP contribution in [0.4, 0.5) is 0 Å². The summed E-state index contributed by atoms with van der Waals surface area (Å²) >= 11 is 5.88. The van der Waals surface area contributed by atoms with E-state index in [1.165, 1.54) is 0 Å². The second-order valence-electron chi connectivity index (χ2n) is 5.18. The zero-order valence-electron chi connectivity index (χ0n) is 13.2. The first kappa shape index (κ1) is 18.4. The predicted molar refractivity (Wildman–Crippen MR) is 90.9 cm³/mol. The van der Waals surface area contributed by atoms with Gasteiger partial charge in [0, 0.05) is 17.9 Å². The van der Waals surface area contributed by atoms with Gasteiger partial charge in [0.05, 0.1) is 24.6 Å². The molecule has 0 saturated heterocycles. The van der Waals surface area contributed by atoms with Crippen LogP contribution in [0.2, 0.25) is 5.02 Å². The Morgan fingerprint density at radius 2 is 2.04 bits per heavy atom. The van der Waals surface area contributed by atoms with Gasteiger partial charge in [0.1, 0.15) is 5.71 Å². The van der Waals surface area contributed by atoms with Crippen LogP contribution in [0.15, 0.2) is 34.4 Å². The van der Waals surface area contributed by atoms with E-state index in [0.717, 1.165) is 11.8 Å². The molecule has 1 aliphatic heterocycles. The molecule has 0 N–H and O–H groups in total. The average molecular weight is 373 g/mol. The van der Waals surface area contributed by atoms with Gasteiger partial charge in [0.25, 0.3) is 0 Å². The van der Waals surface area contributed by atoms with Crippen LogP contribution in [0.25, 0.3) is 0 Å². The minimum Gasteiger partial charge on any atom is -0.462 e. The normalized spacial score (nSPS) is 19.7. The van der Waals surface area contributed by atoms with Crippen LogP contribution < -0.4 is 0 Å². The Balaban J connectivity index is 2.32. The van der Waals surface area contributed by atoms with E-state index in [-0.39, 0.29) is 18.7 Å². The van der Waals surface area contributed by atoms with Crippen LogP contribution in [0, 0.1) is 0 Å². The molecule has 7 nitrogen and oxygen atoms in total. The summed E-state index contributed by atoms with van der Waals surface area (Å²) in [5.41, 5.74) is 1.41. The monoisotopic (exact) mass is 372 g/mol. The Morgan fingerprint density at radius 1 is 1.38 bits per heavy atom. The quantitative estimate of drug-likeness (QED) is 0.584. The summed E-state index contributed by atoms with van der Waals surface area (Å²) in [5.74, 6) is -0.553. The summed E-state index contributed by atoms with van der Waals surface area (Å²) in [5, 5.41) is 4.24. The van der Waals surface area contributed by atoms with Crippen molar-refractivity contribution < 1.29 is 22.2 Å². The first-order chi connectivity index (χ1) is 11.3. The van der Waals surface area contributed by atoms with Gasteiger partial charge >= 0.3 is 16.1 Å². The van der Waals surface area contributed by atoms with Gasteiger partial charge < -0.3 is 4.74 Å². The van der Waals surface area contributed by atoms with Crippen LogP contribution in [-0.4, -0.2) is 38.7 Å². The van der Waals surface area contributed by atoms with Crippen molar-refractivity contribution >= 4 is 39.1 Å². The van der Waals surface area contributed by atoms with E-state index in [0.29, 0.717) is 17.2 Å². The number of nitrogens with zero attached hydrogens (tertiary/aromatic N) is 2. The van der Waals surface area contributed by atoms with E-state index in [1.54, 1.807) is 31.2 Å². The van der Waals surface area contributed by atoms with Crippen molar-refractivity contribution in [2.45, 2.75) is 25.8 Å². The summed E-state index contributed by atoms with van der Waals surface area (Å²) in [6.07, 6.45) is 1.31. The van der Waals surface area contributed by atoms with Gasteiger partial charge in [-0.1, -0.05) is 28.9 Å². The molecule has 24 heavy (non-hydrogen) atoms. The lowest BCUT2D eigenvalue weighted by molar-refractivity contribution is -0.135. The van der Waals surface area contributed by atoms with Crippen molar-refractivity contribution in [1.82, 2.24) is 0 Å². The molecule has 1 unspecified atom stereocenters. The lowest BCUT2D eigenvalue weighted by Gasteiger charge is -2.21. The molecule has 0 saturated carbocycles. The highest BCUT2D eigenvalue weighted by atomic mass is 35.5. The highest BCUT2D eigenvalue weighted by Crippen LogP contribution is 2.28. The standard InChI is InChI=1S/C15H17ClN2O5S/c1-3-22-15(19)14-9-12(18-23-24(2,20)21)8-13(17-14)10-4-6-11(16)7-5-10/h4-7,13H,3,8-9H2,1-2H3. The molecule has 1 aliphatic rings. The number of benzene rings is 1. The smallest absolute Gasteiger partial charge is 0.352 e. The number of aliphatic imine (C=N–C) groups is 1. The summed E-state index contributed by atoms with van der Waals surface area (Å²) in [6, 6.07) is 6.63. The van der Waals surface area contributed by atoms with Crippen molar-refractivity contribution in [1.29, 1.82) is 0 Å². The van der Waals surface area contributed by atoms with Gasteiger partial charge in [0.15, 0.2) is 0 Å². The lowest BCUT2D eigenvalue weighted by Crippen LogP contribution is -2.27. The largest absolute Gasteiger partial charge is 0.462 e. The number of halogens is 1. The highest BCUT2D eigenvalue weighted by molar-refractivity contribution is 7.85. The van der Waals surface area contributed by atoms with Crippen LogP contribution in [0.1, 0.15) is 31.4 Å². The third-order valence-corrected chi connectivity index (χ3v) is 3.78.